The van der Waals surface area contributed by atoms with Crippen molar-refractivity contribution in [3.05, 3.63) is 28.2 Å². The molecule has 1 aliphatic rings. The van der Waals surface area contributed by atoms with Crippen LogP contribution in [0, 0.1) is 0 Å². The van der Waals surface area contributed by atoms with Crippen molar-refractivity contribution in [2.75, 3.05) is 13.7 Å². The predicted octanol–water partition coefficient (Wildman–Crippen LogP) is 2.63. The minimum Gasteiger partial charge on any atom is -0.496 e. The number of nitrogens with one attached hydrogen (secondary N) is 1. The molecule has 1 saturated heterocycles. The van der Waals surface area contributed by atoms with Gasteiger partial charge >= 0.3 is 6.09 Å². The molecule has 4 nitrogen and oxygen atoms in total. The van der Waals surface area contributed by atoms with Crippen molar-refractivity contribution in [1.29, 1.82) is 0 Å². The molecule has 0 unspecified atom stereocenters. The monoisotopic (exact) mass is 285 g/mol. The summed E-state index contributed by atoms with van der Waals surface area (Å²) in [5, 5.41) is 2.77. The quantitative estimate of drug-likeness (QED) is 0.909. The van der Waals surface area contributed by atoms with Gasteiger partial charge in [0.05, 0.1) is 19.8 Å². The topological polar surface area (TPSA) is 47.6 Å². The van der Waals surface area contributed by atoms with Crippen LogP contribution in [0.4, 0.5) is 4.79 Å². The van der Waals surface area contributed by atoms with Gasteiger partial charge in [0, 0.05) is 16.5 Å². The van der Waals surface area contributed by atoms with Gasteiger partial charge in [0.2, 0.25) is 0 Å². The predicted molar refractivity (Wildman–Crippen MR) is 62.5 cm³/mol. The van der Waals surface area contributed by atoms with Crippen molar-refractivity contribution in [3.8, 4) is 5.75 Å². The number of cyclic esters (lactones) is 1. The number of methoxy groups -OCH3 is 1. The van der Waals surface area contributed by atoms with Gasteiger partial charge in [-0.3, -0.25) is 0 Å². The third kappa shape index (κ3) is 2.29. The fourth-order valence-corrected chi connectivity index (χ4v) is 2.07. The highest BCUT2D eigenvalue weighted by molar-refractivity contribution is 9.10. The molecule has 1 atom stereocenters. The van der Waals surface area contributed by atoms with Crippen LogP contribution < -0.4 is 10.1 Å². The molecule has 2 rings (SSSR count). The van der Waals surface area contributed by atoms with Crippen molar-refractivity contribution in [2.45, 2.75) is 12.5 Å². The van der Waals surface area contributed by atoms with E-state index in [0.29, 0.717) is 6.61 Å². The van der Waals surface area contributed by atoms with Gasteiger partial charge in [-0.05, 0) is 12.1 Å². The Morgan fingerprint density at radius 2 is 2.38 bits per heavy atom. The average molecular weight is 286 g/mol. The van der Waals surface area contributed by atoms with Crippen molar-refractivity contribution >= 4 is 22.0 Å². The number of halogens is 1. The average Bonchev–Trinajstić information content (AvgIpc) is 2.28. The SMILES string of the molecule is COc1cc(Br)ccc1[C@@H]1CCOC(=O)N1. The van der Waals surface area contributed by atoms with E-state index in [2.05, 4.69) is 21.2 Å². The summed E-state index contributed by atoms with van der Waals surface area (Å²) in [6, 6.07) is 5.72. The second-order valence-electron chi connectivity index (χ2n) is 3.51. The van der Waals surface area contributed by atoms with E-state index >= 15 is 0 Å². The standard InChI is InChI=1S/C11H12BrNO3/c1-15-10-6-7(12)2-3-8(10)9-4-5-16-11(14)13-9/h2-3,6,9H,4-5H2,1H3,(H,13,14)/t9-/m0/s1. The van der Waals surface area contributed by atoms with Crippen LogP contribution in [0.5, 0.6) is 5.75 Å². The molecule has 1 heterocycles. The van der Waals surface area contributed by atoms with Crippen LogP contribution >= 0.6 is 15.9 Å². The summed E-state index contributed by atoms with van der Waals surface area (Å²) in [5.74, 6) is 0.765. The smallest absolute Gasteiger partial charge is 0.407 e. The number of amides is 1. The number of carbonyl (C=O) groups is 1. The third-order valence-corrected chi connectivity index (χ3v) is 3.00. The maximum atomic E-state index is 11.1. The van der Waals surface area contributed by atoms with Gasteiger partial charge in [-0.15, -0.1) is 0 Å². The minimum atomic E-state index is -0.374. The lowest BCUT2D eigenvalue weighted by molar-refractivity contribution is 0.115. The highest BCUT2D eigenvalue weighted by Crippen LogP contribution is 2.31. The van der Waals surface area contributed by atoms with E-state index in [0.717, 1.165) is 22.2 Å². The first-order chi connectivity index (χ1) is 7.70. The Morgan fingerprint density at radius 3 is 3.06 bits per heavy atom. The molecule has 0 aromatic heterocycles. The highest BCUT2D eigenvalue weighted by atomic mass is 79.9. The fourth-order valence-electron chi connectivity index (χ4n) is 1.73. The first kappa shape index (κ1) is 11.3. The molecule has 86 valence electrons. The second-order valence-corrected chi connectivity index (χ2v) is 4.42. The molecule has 5 heteroatoms. The third-order valence-electron chi connectivity index (χ3n) is 2.50. The molecular weight excluding hydrogens is 274 g/mol. The number of hydrogen-bond acceptors (Lipinski definition) is 3. The Bertz CT molecular complexity index is 408. The summed E-state index contributed by atoms with van der Waals surface area (Å²) in [6.07, 6.45) is 0.380. The Kier molecular flexibility index (Phi) is 3.33. The summed E-state index contributed by atoms with van der Waals surface area (Å²) in [5.41, 5.74) is 0.974. The summed E-state index contributed by atoms with van der Waals surface area (Å²) < 4.78 is 11.1. The van der Waals surface area contributed by atoms with Gasteiger partial charge in [-0.1, -0.05) is 22.0 Å². The van der Waals surface area contributed by atoms with Gasteiger partial charge < -0.3 is 14.8 Å². The summed E-state index contributed by atoms with van der Waals surface area (Å²) >= 11 is 3.38. The van der Waals surface area contributed by atoms with Gasteiger partial charge in [-0.2, -0.15) is 0 Å². The lowest BCUT2D eigenvalue weighted by Gasteiger charge is -2.25. The van der Waals surface area contributed by atoms with E-state index in [1.807, 2.05) is 18.2 Å². The number of alkyl carbamates (subject to hydrolysis) is 1. The Labute approximate surface area is 102 Å². The van der Waals surface area contributed by atoms with E-state index in [1.54, 1.807) is 7.11 Å². The van der Waals surface area contributed by atoms with E-state index in [1.165, 1.54) is 0 Å². The Hall–Kier alpha value is -1.23. The summed E-state index contributed by atoms with van der Waals surface area (Å²) in [4.78, 5) is 11.1. The maximum absolute atomic E-state index is 11.1. The number of carbonyl (C=O) groups excluding carboxylic acids is 1. The van der Waals surface area contributed by atoms with Crippen LogP contribution in [0.2, 0.25) is 0 Å². The molecule has 1 fully saturated rings. The molecule has 1 aromatic carbocycles. The fraction of sp³-hybridized carbons (Fsp3) is 0.364. The second kappa shape index (κ2) is 4.74. The van der Waals surface area contributed by atoms with Crippen molar-refractivity contribution in [1.82, 2.24) is 5.32 Å². The van der Waals surface area contributed by atoms with Gasteiger partial charge in [0.25, 0.3) is 0 Å². The summed E-state index contributed by atoms with van der Waals surface area (Å²) in [7, 11) is 1.62. The maximum Gasteiger partial charge on any atom is 0.407 e. The molecule has 1 N–H and O–H groups in total. The summed E-state index contributed by atoms with van der Waals surface area (Å²) in [6.45, 7) is 0.440. The molecule has 0 spiro atoms. The minimum absolute atomic E-state index is 0.0377. The molecule has 16 heavy (non-hydrogen) atoms. The number of hydrogen-bond donors (Lipinski definition) is 1. The van der Waals surface area contributed by atoms with Crippen LogP contribution in [-0.2, 0) is 4.74 Å². The van der Waals surface area contributed by atoms with Gasteiger partial charge in [0.1, 0.15) is 5.75 Å². The Balaban J connectivity index is 2.28. The van der Waals surface area contributed by atoms with Crippen LogP contribution in [0.3, 0.4) is 0 Å². The van der Waals surface area contributed by atoms with Crippen LogP contribution in [0.1, 0.15) is 18.0 Å². The molecule has 1 amide bonds. The zero-order valence-corrected chi connectivity index (χ0v) is 10.4. The molecule has 0 bridgehead atoms. The molecule has 0 radical (unpaired) electrons. The first-order valence-corrected chi connectivity index (χ1v) is 5.76. The van der Waals surface area contributed by atoms with Gasteiger partial charge in [-0.25, -0.2) is 4.79 Å². The molecule has 1 aliphatic heterocycles. The van der Waals surface area contributed by atoms with E-state index in [9.17, 15) is 4.79 Å². The lowest BCUT2D eigenvalue weighted by Crippen LogP contribution is -2.35. The van der Waals surface area contributed by atoms with Crippen LogP contribution in [0.25, 0.3) is 0 Å². The highest BCUT2D eigenvalue weighted by Gasteiger charge is 2.23. The van der Waals surface area contributed by atoms with E-state index in [-0.39, 0.29) is 12.1 Å². The molecule has 0 saturated carbocycles. The van der Waals surface area contributed by atoms with E-state index < -0.39 is 0 Å². The normalized spacial score (nSPS) is 19.9. The lowest BCUT2D eigenvalue weighted by atomic mass is 10.0. The van der Waals surface area contributed by atoms with Gasteiger partial charge in [0.15, 0.2) is 0 Å². The van der Waals surface area contributed by atoms with Crippen molar-refractivity contribution in [2.24, 2.45) is 0 Å². The molecule has 0 aliphatic carbocycles. The number of ether oxygens (including phenoxy) is 2. The Morgan fingerprint density at radius 1 is 1.56 bits per heavy atom. The zero-order chi connectivity index (χ0) is 11.5. The molecule has 1 aromatic rings. The van der Waals surface area contributed by atoms with E-state index in [4.69, 9.17) is 9.47 Å². The largest absolute Gasteiger partial charge is 0.496 e. The number of benzene rings is 1. The first-order valence-electron chi connectivity index (χ1n) is 4.97. The zero-order valence-electron chi connectivity index (χ0n) is 8.83. The van der Waals surface area contributed by atoms with Crippen LogP contribution in [-0.4, -0.2) is 19.8 Å². The number of rotatable bonds is 2. The van der Waals surface area contributed by atoms with Crippen molar-refractivity contribution in [3.63, 3.8) is 0 Å². The van der Waals surface area contributed by atoms with Crippen molar-refractivity contribution < 1.29 is 14.3 Å². The van der Waals surface area contributed by atoms with Crippen LogP contribution in [0.15, 0.2) is 22.7 Å². The molecular formula is C11H12BrNO3.